The van der Waals surface area contributed by atoms with E-state index >= 15 is 0 Å². The molecule has 1 aliphatic carbocycles. The summed E-state index contributed by atoms with van der Waals surface area (Å²) in [5.41, 5.74) is 0. The van der Waals surface area contributed by atoms with E-state index in [0.29, 0.717) is 17.9 Å². The molecule has 1 unspecified atom stereocenters. The van der Waals surface area contributed by atoms with E-state index in [9.17, 15) is 4.79 Å². The number of carbonyl (C=O) groups excluding carboxylic acids is 1. The van der Waals surface area contributed by atoms with Gasteiger partial charge in [0.2, 0.25) is 5.91 Å². The maximum absolute atomic E-state index is 11.9. The lowest BCUT2D eigenvalue weighted by Gasteiger charge is -2.31. The molecular weight excluding hydrogens is 188 g/mol. The van der Waals surface area contributed by atoms with Crippen LogP contribution in [0.15, 0.2) is 0 Å². The molecule has 2 aliphatic rings. The molecule has 0 bridgehead atoms. The second kappa shape index (κ2) is 4.97. The Morgan fingerprint density at radius 1 is 1.33 bits per heavy atom. The quantitative estimate of drug-likeness (QED) is 0.763. The first kappa shape index (κ1) is 10.9. The number of rotatable bonds is 3. The van der Waals surface area contributed by atoms with Gasteiger partial charge >= 0.3 is 0 Å². The highest BCUT2D eigenvalue weighted by Crippen LogP contribution is 2.28. The fourth-order valence-corrected chi connectivity index (χ4v) is 2.98. The number of carbonyl (C=O) groups is 1. The molecular formula is C12H22N2O. The van der Waals surface area contributed by atoms with E-state index in [-0.39, 0.29) is 0 Å². The third-order valence-corrected chi connectivity index (χ3v) is 3.75. The van der Waals surface area contributed by atoms with Crippen molar-refractivity contribution in [2.45, 2.75) is 44.6 Å². The summed E-state index contributed by atoms with van der Waals surface area (Å²) in [7, 11) is 1.97. The van der Waals surface area contributed by atoms with Crippen molar-refractivity contribution in [3.63, 3.8) is 0 Å². The fourth-order valence-electron chi connectivity index (χ4n) is 2.98. The molecule has 1 saturated heterocycles. The van der Waals surface area contributed by atoms with Gasteiger partial charge in [-0.05, 0) is 32.4 Å². The molecule has 0 aromatic rings. The normalized spacial score (nSPS) is 28.7. The van der Waals surface area contributed by atoms with E-state index in [2.05, 4.69) is 10.2 Å². The van der Waals surface area contributed by atoms with Gasteiger partial charge in [0.25, 0.3) is 0 Å². The largest absolute Gasteiger partial charge is 0.339 e. The van der Waals surface area contributed by atoms with Crippen LogP contribution < -0.4 is 5.32 Å². The molecule has 0 radical (unpaired) electrons. The van der Waals surface area contributed by atoms with Crippen LogP contribution in [-0.2, 0) is 4.79 Å². The summed E-state index contributed by atoms with van der Waals surface area (Å²) < 4.78 is 0. The maximum atomic E-state index is 11.9. The summed E-state index contributed by atoms with van der Waals surface area (Å²) in [5, 5.41) is 3.17. The summed E-state index contributed by atoms with van der Waals surface area (Å²) in [5.74, 6) is 0.937. The first-order valence-corrected chi connectivity index (χ1v) is 6.25. The van der Waals surface area contributed by atoms with Crippen molar-refractivity contribution < 1.29 is 4.79 Å². The minimum atomic E-state index is 0.391. The van der Waals surface area contributed by atoms with Crippen molar-refractivity contribution in [2.24, 2.45) is 5.92 Å². The Kier molecular flexibility index (Phi) is 3.62. The monoisotopic (exact) mass is 210 g/mol. The minimum Gasteiger partial charge on any atom is -0.339 e. The van der Waals surface area contributed by atoms with Gasteiger partial charge in [0.1, 0.15) is 0 Å². The standard InChI is InChI=1S/C12H22N2O/c1-13-8-10-7-12(15)14(9-10)11-5-3-2-4-6-11/h10-11,13H,2-9H2,1H3. The summed E-state index contributed by atoms with van der Waals surface area (Å²) in [4.78, 5) is 14.0. The second-order valence-electron chi connectivity index (χ2n) is 4.97. The number of amides is 1. The minimum absolute atomic E-state index is 0.391. The lowest BCUT2D eigenvalue weighted by molar-refractivity contribution is -0.130. The Morgan fingerprint density at radius 2 is 2.07 bits per heavy atom. The van der Waals surface area contributed by atoms with Crippen LogP contribution in [0.4, 0.5) is 0 Å². The van der Waals surface area contributed by atoms with Crippen LogP contribution in [0.25, 0.3) is 0 Å². The lowest BCUT2D eigenvalue weighted by Crippen LogP contribution is -2.38. The summed E-state index contributed by atoms with van der Waals surface area (Å²) in [6, 6.07) is 0.563. The molecule has 1 atom stereocenters. The van der Waals surface area contributed by atoms with Crippen LogP contribution in [-0.4, -0.2) is 37.0 Å². The molecule has 2 rings (SSSR count). The van der Waals surface area contributed by atoms with E-state index in [1.165, 1.54) is 32.1 Å². The second-order valence-corrected chi connectivity index (χ2v) is 4.97. The van der Waals surface area contributed by atoms with Crippen molar-refractivity contribution >= 4 is 5.91 Å². The molecule has 1 N–H and O–H groups in total. The van der Waals surface area contributed by atoms with Crippen LogP contribution in [0.5, 0.6) is 0 Å². The van der Waals surface area contributed by atoms with Crippen LogP contribution in [0.2, 0.25) is 0 Å². The van der Waals surface area contributed by atoms with Crippen LogP contribution in [0, 0.1) is 5.92 Å². The summed E-state index contributed by atoms with van der Waals surface area (Å²) >= 11 is 0. The van der Waals surface area contributed by atoms with Gasteiger partial charge in [-0.2, -0.15) is 0 Å². The smallest absolute Gasteiger partial charge is 0.223 e. The number of likely N-dealkylation sites (tertiary alicyclic amines) is 1. The molecule has 1 heterocycles. The van der Waals surface area contributed by atoms with Gasteiger partial charge in [-0.3, -0.25) is 4.79 Å². The molecule has 3 nitrogen and oxygen atoms in total. The SMILES string of the molecule is CNCC1CC(=O)N(C2CCCCC2)C1. The Bertz CT molecular complexity index is 224. The average Bonchev–Trinajstić information content (AvgIpc) is 2.61. The highest BCUT2D eigenvalue weighted by Gasteiger charge is 2.34. The summed E-state index contributed by atoms with van der Waals surface area (Å²) in [6.07, 6.45) is 7.21. The molecule has 0 aromatic carbocycles. The van der Waals surface area contributed by atoms with Crippen LogP contribution >= 0.6 is 0 Å². The zero-order chi connectivity index (χ0) is 10.7. The zero-order valence-electron chi connectivity index (χ0n) is 9.67. The third kappa shape index (κ3) is 2.51. The molecule has 0 aromatic heterocycles. The zero-order valence-corrected chi connectivity index (χ0v) is 9.67. The van der Waals surface area contributed by atoms with Gasteiger partial charge in [0, 0.05) is 19.0 Å². The lowest BCUT2D eigenvalue weighted by atomic mass is 9.94. The molecule has 1 saturated carbocycles. The van der Waals surface area contributed by atoms with Gasteiger partial charge in [-0.25, -0.2) is 0 Å². The van der Waals surface area contributed by atoms with Crippen molar-refractivity contribution in [1.82, 2.24) is 10.2 Å². The van der Waals surface area contributed by atoms with E-state index in [4.69, 9.17) is 0 Å². The topological polar surface area (TPSA) is 32.3 Å². The Hall–Kier alpha value is -0.570. The van der Waals surface area contributed by atoms with Gasteiger partial charge in [-0.15, -0.1) is 0 Å². The van der Waals surface area contributed by atoms with Crippen molar-refractivity contribution in [2.75, 3.05) is 20.1 Å². The Labute approximate surface area is 92.2 Å². The van der Waals surface area contributed by atoms with E-state index in [0.717, 1.165) is 19.5 Å². The molecule has 1 aliphatic heterocycles. The number of hydrogen-bond acceptors (Lipinski definition) is 2. The summed E-state index contributed by atoms with van der Waals surface area (Å²) in [6.45, 7) is 1.97. The average molecular weight is 210 g/mol. The molecule has 1 amide bonds. The van der Waals surface area contributed by atoms with Gasteiger partial charge in [-0.1, -0.05) is 19.3 Å². The maximum Gasteiger partial charge on any atom is 0.223 e. The van der Waals surface area contributed by atoms with Crippen molar-refractivity contribution in [3.8, 4) is 0 Å². The first-order chi connectivity index (χ1) is 7.31. The number of hydrogen-bond donors (Lipinski definition) is 1. The fraction of sp³-hybridized carbons (Fsp3) is 0.917. The molecule has 2 fully saturated rings. The van der Waals surface area contributed by atoms with Gasteiger partial charge in [0.05, 0.1) is 0 Å². The van der Waals surface area contributed by atoms with Crippen LogP contribution in [0.3, 0.4) is 0 Å². The molecule has 86 valence electrons. The third-order valence-electron chi connectivity index (χ3n) is 3.75. The van der Waals surface area contributed by atoms with E-state index in [1.807, 2.05) is 7.05 Å². The van der Waals surface area contributed by atoms with Crippen LogP contribution in [0.1, 0.15) is 38.5 Å². The Balaban J connectivity index is 1.89. The highest BCUT2D eigenvalue weighted by atomic mass is 16.2. The van der Waals surface area contributed by atoms with Gasteiger partial charge < -0.3 is 10.2 Å². The molecule has 3 heteroatoms. The molecule has 15 heavy (non-hydrogen) atoms. The van der Waals surface area contributed by atoms with Crippen molar-refractivity contribution in [1.29, 1.82) is 0 Å². The predicted octanol–water partition coefficient (Wildman–Crippen LogP) is 1.39. The van der Waals surface area contributed by atoms with Gasteiger partial charge in [0.15, 0.2) is 0 Å². The highest BCUT2D eigenvalue weighted by molar-refractivity contribution is 5.79. The molecule has 0 spiro atoms. The van der Waals surface area contributed by atoms with E-state index in [1.54, 1.807) is 0 Å². The van der Waals surface area contributed by atoms with E-state index < -0.39 is 0 Å². The Morgan fingerprint density at radius 3 is 2.73 bits per heavy atom. The first-order valence-electron chi connectivity index (χ1n) is 6.25. The predicted molar refractivity (Wildman–Crippen MR) is 60.6 cm³/mol. The number of nitrogens with zero attached hydrogens (tertiary/aromatic N) is 1. The van der Waals surface area contributed by atoms with Crippen molar-refractivity contribution in [3.05, 3.63) is 0 Å². The number of nitrogens with one attached hydrogen (secondary N) is 1.